The molecule has 146 valence electrons. The summed E-state index contributed by atoms with van der Waals surface area (Å²) in [6, 6.07) is 7.68. The van der Waals surface area contributed by atoms with Crippen molar-refractivity contribution in [3.05, 3.63) is 29.3 Å². The highest BCUT2D eigenvalue weighted by atomic mass is 32.2. The molecule has 2 aliphatic heterocycles. The van der Waals surface area contributed by atoms with Crippen molar-refractivity contribution in [3.63, 3.8) is 0 Å². The van der Waals surface area contributed by atoms with Crippen LogP contribution in [0.5, 0.6) is 0 Å². The van der Waals surface area contributed by atoms with E-state index in [1.54, 1.807) is 4.90 Å². The average molecular weight is 418 g/mol. The number of carbonyl (C=O) groups is 4. The molecule has 0 radical (unpaired) electrons. The zero-order valence-electron chi connectivity index (χ0n) is 15.3. The lowest BCUT2D eigenvalue weighted by atomic mass is 9.92. The molecule has 1 aromatic carbocycles. The largest absolute Gasteiger partial charge is 0.343 e. The number of thiazole rings is 1. The van der Waals surface area contributed by atoms with Gasteiger partial charge in [0.1, 0.15) is 5.25 Å². The second-order valence-corrected chi connectivity index (χ2v) is 9.16. The number of para-hydroxylation sites is 1. The summed E-state index contributed by atoms with van der Waals surface area (Å²) in [5.74, 6) is -0.550. The van der Waals surface area contributed by atoms with Crippen LogP contribution in [0.1, 0.15) is 29.1 Å². The number of ketones is 1. The number of hydrogen-bond acceptors (Lipinski definition) is 7. The number of likely N-dealkylation sites (tertiary alicyclic amines) is 1. The van der Waals surface area contributed by atoms with Crippen LogP contribution in [0.15, 0.2) is 24.3 Å². The molecule has 1 unspecified atom stereocenters. The van der Waals surface area contributed by atoms with Crippen molar-refractivity contribution < 1.29 is 19.2 Å². The summed E-state index contributed by atoms with van der Waals surface area (Å²) >= 11 is 2.32. The summed E-state index contributed by atoms with van der Waals surface area (Å²) in [5.41, 5.74) is 0.835. The van der Waals surface area contributed by atoms with E-state index >= 15 is 0 Å². The third-order valence-corrected chi connectivity index (χ3v) is 7.39. The van der Waals surface area contributed by atoms with Crippen LogP contribution in [-0.4, -0.2) is 63.0 Å². The number of aromatic nitrogens is 1. The van der Waals surface area contributed by atoms with Gasteiger partial charge in [0.05, 0.1) is 10.2 Å². The van der Waals surface area contributed by atoms with Gasteiger partial charge in [0.25, 0.3) is 5.24 Å². The number of hydrogen-bond donors (Lipinski definition) is 0. The Morgan fingerprint density at radius 1 is 1.18 bits per heavy atom. The normalized spacial score (nSPS) is 21.0. The number of fused-ring (bicyclic) bond motifs is 1. The third-order valence-electron chi connectivity index (χ3n) is 5.21. The van der Waals surface area contributed by atoms with Crippen molar-refractivity contribution in [2.75, 3.05) is 20.1 Å². The first-order valence-electron chi connectivity index (χ1n) is 9.10. The molecule has 2 aromatic rings. The molecule has 7 nitrogen and oxygen atoms in total. The van der Waals surface area contributed by atoms with Crippen molar-refractivity contribution in [1.82, 2.24) is 14.8 Å². The van der Waals surface area contributed by atoms with Gasteiger partial charge in [-0.15, -0.1) is 11.3 Å². The molecule has 1 atom stereocenters. The van der Waals surface area contributed by atoms with E-state index < -0.39 is 5.25 Å². The van der Waals surface area contributed by atoms with Crippen LogP contribution in [0, 0.1) is 5.92 Å². The molecule has 0 N–H and O–H groups in total. The van der Waals surface area contributed by atoms with Crippen LogP contribution >= 0.6 is 23.1 Å². The Hall–Kier alpha value is -2.26. The van der Waals surface area contributed by atoms with Crippen LogP contribution in [-0.2, 0) is 9.59 Å². The highest BCUT2D eigenvalue weighted by Crippen LogP contribution is 2.30. The molecule has 3 heterocycles. The number of nitrogens with zero attached hydrogens (tertiary/aromatic N) is 3. The number of piperidine rings is 1. The predicted molar refractivity (Wildman–Crippen MR) is 107 cm³/mol. The van der Waals surface area contributed by atoms with Gasteiger partial charge >= 0.3 is 0 Å². The molecule has 2 saturated heterocycles. The van der Waals surface area contributed by atoms with E-state index in [2.05, 4.69) is 4.98 Å². The molecule has 0 spiro atoms. The minimum absolute atomic E-state index is 0.0239. The number of amides is 3. The average Bonchev–Trinajstić information content (AvgIpc) is 3.24. The first-order valence-corrected chi connectivity index (χ1v) is 10.8. The molecule has 3 amide bonds. The standard InChI is InChI=1S/C19H19N3O4S2/c1-21-18(25)14(28-19(21)26)10-15(23)22-8-6-11(7-9-22)16(24)17-20-12-4-2-3-5-13(12)27-17/h2-5,11,14H,6-10H2,1H3. The van der Waals surface area contributed by atoms with E-state index in [1.807, 2.05) is 24.3 Å². The number of Topliss-reactive ketones (excluding diaryl/α,β-unsaturated/α-hetero) is 1. The van der Waals surface area contributed by atoms with Gasteiger partial charge in [-0.1, -0.05) is 23.9 Å². The van der Waals surface area contributed by atoms with Crippen molar-refractivity contribution in [3.8, 4) is 0 Å². The third kappa shape index (κ3) is 3.56. The molecule has 2 aliphatic rings. The van der Waals surface area contributed by atoms with Crippen molar-refractivity contribution in [1.29, 1.82) is 0 Å². The lowest BCUT2D eigenvalue weighted by molar-refractivity contribution is -0.135. The molecular formula is C19H19N3O4S2. The fraction of sp³-hybridized carbons (Fsp3) is 0.421. The zero-order valence-corrected chi connectivity index (χ0v) is 16.9. The minimum atomic E-state index is -0.632. The SMILES string of the molecule is CN1C(=O)SC(CC(=O)N2CCC(C(=O)c3nc4ccccc4s3)CC2)C1=O. The number of imide groups is 1. The van der Waals surface area contributed by atoms with Gasteiger partial charge < -0.3 is 4.90 Å². The summed E-state index contributed by atoms with van der Waals surface area (Å²) < 4.78 is 0.997. The Labute approximate surface area is 170 Å². The van der Waals surface area contributed by atoms with Crippen LogP contribution in [0.2, 0.25) is 0 Å². The zero-order chi connectivity index (χ0) is 19.8. The van der Waals surface area contributed by atoms with Gasteiger partial charge in [-0.05, 0) is 25.0 Å². The number of thioether (sulfide) groups is 1. The summed E-state index contributed by atoms with van der Waals surface area (Å²) in [6.45, 7) is 0.963. The molecule has 0 saturated carbocycles. The maximum absolute atomic E-state index is 12.8. The van der Waals surface area contributed by atoms with Crippen LogP contribution in [0.3, 0.4) is 0 Å². The quantitative estimate of drug-likeness (QED) is 0.711. The first kappa shape index (κ1) is 19.1. The predicted octanol–water partition coefficient (Wildman–Crippen LogP) is 2.80. The minimum Gasteiger partial charge on any atom is -0.343 e. The second-order valence-electron chi connectivity index (χ2n) is 6.98. The molecular weight excluding hydrogens is 398 g/mol. The Morgan fingerprint density at radius 3 is 2.54 bits per heavy atom. The second kappa shape index (κ2) is 7.63. The fourth-order valence-electron chi connectivity index (χ4n) is 3.52. The highest BCUT2D eigenvalue weighted by Gasteiger charge is 2.39. The summed E-state index contributed by atoms with van der Waals surface area (Å²) in [5, 5.41) is -0.421. The molecule has 1 aromatic heterocycles. The molecule has 0 bridgehead atoms. The van der Waals surface area contributed by atoms with E-state index in [0.717, 1.165) is 26.9 Å². The Balaban J connectivity index is 1.34. The Bertz CT molecular complexity index is 932. The van der Waals surface area contributed by atoms with E-state index in [1.165, 1.54) is 18.4 Å². The van der Waals surface area contributed by atoms with Crippen LogP contribution < -0.4 is 0 Å². The molecule has 9 heteroatoms. The summed E-state index contributed by atoms with van der Waals surface area (Å²) in [4.78, 5) is 56.0. The monoisotopic (exact) mass is 417 g/mol. The van der Waals surface area contributed by atoms with Crippen molar-refractivity contribution >= 4 is 56.2 Å². The lowest BCUT2D eigenvalue weighted by Gasteiger charge is -2.31. The highest BCUT2D eigenvalue weighted by molar-refractivity contribution is 8.15. The molecule has 4 rings (SSSR count). The summed E-state index contributed by atoms with van der Waals surface area (Å²) in [6.07, 6.45) is 1.20. The summed E-state index contributed by atoms with van der Waals surface area (Å²) in [7, 11) is 1.43. The molecule has 2 fully saturated rings. The van der Waals surface area contributed by atoms with Gasteiger partial charge in [0.15, 0.2) is 10.8 Å². The van der Waals surface area contributed by atoms with Gasteiger partial charge in [0, 0.05) is 32.5 Å². The van der Waals surface area contributed by atoms with Gasteiger partial charge in [-0.2, -0.15) is 0 Å². The van der Waals surface area contributed by atoms with Crippen LogP contribution in [0.4, 0.5) is 4.79 Å². The maximum atomic E-state index is 12.8. The Morgan fingerprint density at radius 2 is 1.89 bits per heavy atom. The molecule has 28 heavy (non-hydrogen) atoms. The van der Waals surface area contributed by atoms with Gasteiger partial charge in [0.2, 0.25) is 11.8 Å². The van der Waals surface area contributed by atoms with Gasteiger partial charge in [-0.3, -0.25) is 24.1 Å². The van der Waals surface area contributed by atoms with E-state index in [9.17, 15) is 19.2 Å². The maximum Gasteiger partial charge on any atom is 0.288 e. The van der Waals surface area contributed by atoms with Gasteiger partial charge in [-0.25, -0.2) is 4.98 Å². The fourth-order valence-corrected chi connectivity index (χ4v) is 5.48. The lowest BCUT2D eigenvalue weighted by Crippen LogP contribution is -2.42. The smallest absolute Gasteiger partial charge is 0.288 e. The number of benzene rings is 1. The first-order chi connectivity index (χ1) is 13.4. The topological polar surface area (TPSA) is 87.7 Å². The number of rotatable bonds is 4. The Kier molecular flexibility index (Phi) is 5.20. The van der Waals surface area contributed by atoms with Crippen molar-refractivity contribution in [2.45, 2.75) is 24.5 Å². The van der Waals surface area contributed by atoms with Crippen LogP contribution in [0.25, 0.3) is 10.2 Å². The van der Waals surface area contributed by atoms with Crippen molar-refractivity contribution in [2.24, 2.45) is 5.92 Å². The van der Waals surface area contributed by atoms with E-state index in [0.29, 0.717) is 30.9 Å². The van der Waals surface area contributed by atoms with E-state index in [-0.39, 0.29) is 35.2 Å². The van der Waals surface area contributed by atoms with E-state index in [4.69, 9.17) is 0 Å². The number of carbonyl (C=O) groups excluding carboxylic acids is 4. The molecule has 0 aliphatic carbocycles.